The van der Waals surface area contributed by atoms with Crippen molar-refractivity contribution in [3.8, 4) is 5.75 Å². The number of benzene rings is 1. The second kappa shape index (κ2) is 8.41. The van der Waals surface area contributed by atoms with Gasteiger partial charge in [-0.1, -0.05) is 29.8 Å². The number of para-hydroxylation sites is 1. The lowest BCUT2D eigenvalue weighted by molar-refractivity contribution is 0.142. The van der Waals surface area contributed by atoms with E-state index in [2.05, 4.69) is 15.2 Å². The Morgan fingerprint density at radius 3 is 2.62 bits per heavy atom. The molecule has 1 aliphatic carbocycles. The maximum Gasteiger partial charge on any atom is 0.232 e. The van der Waals surface area contributed by atoms with Gasteiger partial charge < -0.3 is 9.72 Å². The van der Waals surface area contributed by atoms with Crippen LogP contribution in [0.3, 0.4) is 0 Å². The molecule has 0 bridgehead atoms. The molecule has 5 rings (SSSR count). The molecule has 1 aromatic carbocycles. The molecule has 1 N–H and O–H groups in total. The van der Waals surface area contributed by atoms with Crippen LogP contribution < -0.4 is 19.7 Å². The van der Waals surface area contributed by atoms with Crippen molar-refractivity contribution in [1.29, 1.82) is 0 Å². The van der Waals surface area contributed by atoms with E-state index in [4.69, 9.17) is 16.3 Å². The number of nitrogens with zero attached hydrogens (tertiary/aromatic N) is 3. The molecule has 32 heavy (non-hydrogen) atoms. The highest BCUT2D eigenvalue weighted by molar-refractivity contribution is 7.92. The molecule has 0 saturated heterocycles. The average Bonchev–Trinajstić information content (AvgIpc) is 3.02. The fourth-order valence-corrected chi connectivity index (χ4v) is 5.80. The Morgan fingerprint density at radius 2 is 1.91 bits per heavy atom. The largest absolute Gasteiger partial charge is 0.490 e. The Morgan fingerprint density at radius 1 is 1.16 bits per heavy atom. The number of azo groups is 1. The second-order valence-corrected chi connectivity index (χ2v) is 10.8. The molecule has 3 heterocycles. The van der Waals surface area contributed by atoms with Gasteiger partial charge in [-0.05, 0) is 50.0 Å². The van der Waals surface area contributed by atoms with Crippen molar-refractivity contribution < 1.29 is 13.2 Å². The Hall–Kier alpha value is -2.58. The zero-order chi connectivity index (χ0) is 22.3. The number of hydrogen-bond acceptors (Lipinski definition) is 5. The highest BCUT2D eigenvalue weighted by atomic mass is 35.5. The smallest absolute Gasteiger partial charge is 0.232 e. The summed E-state index contributed by atoms with van der Waals surface area (Å²) >= 11 is 6.29. The van der Waals surface area contributed by atoms with Crippen molar-refractivity contribution in [2.45, 2.75) is 38.3 Å². The highest BCUT2D eigenvalue weighted by Gasteiger charge is 2.31. The number of fused-ring (bicyclic) bond motifs is 3. The first-order chi connectivity index (χ1) is 15.4. The molecule has 0 atom stereocenters. The molecule has 0 amide bonds. The Kier molecular flexibility index (Phi) is 5.59. The summed E-state index contributed by atoms with van der Waals surface area (Å²) in [6.07, 6.45) is 8.63. The summed E-state index contributed by atoms with van der Waals surface area (Å²) in [7, 11) is -3.48. The lowest BCUT2D eigenvalue weighted by Crippen LogP contribution is -2.33. The maximum atomic E-state index is 12.5. The first-order valence-corrected chi connectivity index (χ1v) is 13.0. The van der Waals surface area contributed by atoms with Gasteiger partial charge in [-0.2, -0.15) is 10.2 Å². The molecule has 0 unspecified atom stereocenters. The van der Waals surface area contributed by atoms with Crippen LogP contribution in [0.1, 0.15) is 31.2 Å². The van der Waals surface area contributed by atoms with Crippen LogP contribution in [0.15, 0.2) is 51.7 Å². The Bertz CT molecular complexity index is 1310. The molecule has 9 heteroatoms. The van der Waals surface area contributed by atoms with E-state index in [9.17, 15) is 8.42 Å². The molecule has 3 aliphatic rings. The molecular formula is C23H25ClN4O3S. The van der Waals surface area contributed by atoms with Gasteiger partial charge in [0.05, 0.1) is 47.5 Å². The number of rotatable bonds is 4. The quantitative estimate of drug-likeness (QED) is 0.739. The predicted molar refractivity (Wildman–Crippen MR) is 125 cm³/mol. The fourth-order valence-electron chi connectivity index (χ4n) is 4.74. The highest BCUT2D eigenvalue weighted by Crippen LogP contribution is 2.35. The van der Waals surface area contributed by atoms with E-state index in [1.54, 1.807) is 12.2 Å². The molecular weight excluding hydrogens is 448 g/mol. The molecule has 0 radical (unpaired) electrons. The number of ether oxygens (including phenoxy) is 1. The second-order valence-electron chi connectivity index (χ2n) is 8.46. The predicted octanol–water partition coefficient (Wildman–Crippen LogP) is 3.41. The average molecular weight is 473 g/mol. The minimum Gasteiger partial charge on any atom is -0.490 e. The minimum absolute atomic E-state index is 0.188. The Balaban J connectivity index is 1.47. The summed E-state index contributed by atoms with van der Waals surface area (Å²) in [6, 6.07) is 9.91. The molecule has 1 fully saturated rings. The number of nitrogens with one attached hydrogen (secondary N) is 1. The summed E-state index contributed by atoms with van der Waals surface area (Å²) in [5.74, 6) is 1.14. The lowest BCUT2D eigenvalue weighted by atomic mass is 9.84. The first-order valence-electron chi connectivity index (χ1n) is 10.8. The van der Waals surface area contributed by atoms with Gasteiger partial charge in [-0.25, -0.2) is 8.42 Å². The molecule has 7 nitrogen and oxygen atoms in total. The molecule has 2 aliphatic heterocycles. The molecule has 2 aromatic rings. The van der Waals surface area contributed by atoms with Crippen molar-refractivity contribution in [3.63, 3.8) is 0 Å². The van der Waals surface area contributed by atoms with Crippen molar-refractivity contribution >= 4 is 39.1 Å². The number of anilines is 1. The first kappa shape index (κ1) is 21.3. The molecule has 168 valence electrons. The molecule has 1 aromatic heterocycles. The van der Waals surface area contributed by atoms with E-state index < -0.39 is 10.0 Å². The monoisotopic (exact) mass is 472 g/mol. The Labute approximate surface area is 192 Å². The van der Waals surface area contributed by atoms with Gasteiger partial charge >= 0.3 is 0 Å². The van der Waals surface area contributed by atoms with Gasteiger partial charge in [0.25, 0.3) is 0 Å². The number of allylic oxidation sites excluding steroid dienone is 1. The van der Waals surface area contributed by atoms with Gasteiger partial charge in [0.2, 0.25) is 10.0 Å². The standard InChI is InChI=1S/C23H25ClN4O3S/c1-32(29,30)28-12-11-16(24)13-20-23(28)19-14-25-27-21(22(19)26-20)15-7-9-18(10-8-15)31-17-5-3-2-4-6-17/h2-6,11,13,15,18,26H,7-10,12,14H2,1H3. The van der Waals surface area contributed by atoms with Crippen LogP contribution >= 0.6 is 11.6 Å². The van der Waals surface area contributed by atoms with Crippen LogP contribution in [-0.4, -0.2) is 32.3 Å². The van der Waals surface area contributed by atoms with Gasteiger partial charge in [0.15, 0.2) is 0 Å². The van der Waals surface area contributed by atoms with Crippen LogP contribution in [0.25, 0.3) is 11.8 Å². The van der Waals surface area contributed by atoms with E-state index in [-0.39, 0.29) is 18.6 Å². The summed E-state index contributed by atoms with van der Waals surface area (Å²) in [5.41, 5.74) is 2.40. The van der Waals surface area contributed by atoms with E-state index in [1.807, 2.05) is 30.3 Å². The van der Waals surface area contributed by atoms with Gasteiger partial charge in [0.1, 0.15) is 5.75 Å². The topological polar surface area (TPSA) is 87.1 Å². The van der Waals surface area contributed by atoms with Gasteiger partial charge in [-0.3, -0.25) is 4.31 Å². The van der Waals surface area contributed by atoms with Gasteiger partial charge in [-0.15, -0.1) is 0 Å². The van der Waals surface area contributed by atoms with Crippen molar-refractivity contribution in [2.24, 2.45) is 16.1 Å². The summed E-state index contributed by atoms with van der Waals surface area (Å²) in [6.45, 7) is 0.536. The molecule has 1 saturated carbocycles. The van der Waals surface area contributed by atoms with Crippen LogP contribution in [0.2, 0.25) is 0 Å². The third-order valence-corrected chi connectivity index (χ3v) is 7.65. The van der Waals surface area contributed by atoms with E-state index in [0.29, 0.717) is 22.6 Å². The zero-order valence-corrected chi connectivity index (χ0v) is 19.4. The van der Waals surface area contributed by atoms with Crippen molar-refractivity contribution in [1.82, 2.24) is 4.98 Å². The summed E-state index contributed by atoms with van der Waals surface area (Å²) < 4.78 is 32.6. The number of H-pyrrole nitrogens is 1. The van der Waals surface area contributed by atoms with E-state index in [0.717, 1.165) is 48.0 Å². The van der Waals surface area contributed by atoms with Crippen molar-refractivity contribution in [2.75, 3.05) is 17.1 Å². The van der Waals surface area contributed by atoms with Crippen LogP contribution in [0.4, 0.5) is 5.69 Å². The van der Waals surface area contributed by atoms with Crippen LogP contribution in [0, 0.1) is 5.92 Å². The fraction of sp³-hybridized carbons (Fsp3) is 0.391. The SMILES string of the molecule is CS(=O)(=O)N1CC=C(Cl)C=c2[nH]c3c(c21)CN=NC=3C1CCC(Oc2ccccc2)CC1. The number of sulfonamides is 1. The van der Waals surface area contributed by atoms with E-state index >= 15 is 0 Å². The zero-order valence-electron chi connectivity index (χ0n) is 17.8. The lowest BCUT2D eigenvalue weighted by Gasteiger charge is -2.29. The van der Waals surface area contributed by atoms with Crippen LogP contribution in [0.5, 0.6) is 5.75 Å². The minimum atomic E-state index is -3.48. The van der Waals surface area contributed by atoms with E-state index in [1.165, 1.54) is 10.6 Å². The number of hydrogen-bond donors (Lipinski definition) is 1. The normalized spacial score (nSPS) is 23.0. The number of halogens is 1. The van der Waals surface area contributed by atoms with Gasteiger partial charge in [0, 0.05) is 16.5 Å². The summed E-state index contributed by atoms with van der Waals surface area (Å²) in [5, 5.41) is 10.9. The van der Waals surface area contributed by atoms with Crippen LogP contribution in [-0.2, 0) is 16.6 Å². The third kappa shape index (κ3) is 4.09. The summed E-state index contributed by atoms with van der Waals surface area (Å²) in [4.78, 5) is 3.42. The van der Waals surface area contributed by atoms with Crippen molar-refractivity contribution in [3.05, 3.63) is 57.7 Å². The third-order valence-electron chi connectivity index (χ3n) is 6.26. The maximum absolute atomic E-state index is 12.5. The number of aromatic amines is 1. The number of aromatic nitrogens is 1. The molecule has 0 spiro atoms.